The van der Waals surface area contributed by atoms with Crippen molar-refractivity contribution in [2.45, 2.75) is 52.4 Å². The summed E-state index contributed by atoms with van der Waals surface area (Å²) >= 11 is 17.7. The maximum absolute atomic E-state index is 11.3. The largest absolute Gasteiger partial charge is 0.481 e. The zero-order chi connectivity index (χ0) is 15.7. The second-order valence-electron chi connectivity index (χ2n) is 4.83. The molecule has 0 aliphatic carbocycles. The Morgan fingerprint density at radius 3 is 1.65 bits per heavy atom. The van der Waals surface area contributed by atoms with Gasteiger partial charge in [0.05, 0.1) is 5.92 Å². The van der Waals surface area contributed by atoms with Gasteiger partial charge in [-0.05, 0) is 37.3 Å². The summed E-state index contributed by atoms with van der Waals surface area (Å²) in [5.41, 5.74) is 0. The summed E-state index contributed by atoms with van der Waals surface area (Å²) < 4.78 is 0. The van der Waals surface area contributed by atoms with Crippen LogP contribution in [0.5, 0.6) is 0 Å². The van der Waals surface area contributed by atoms with E-state index in [0.717, 1.165) is 12.8 Å². The Hall–Kier alpha value is -0.250. The molecule has 0 aromatic carbocycles. The summed E-state index contributed by atoms with van der Waals surface area (Å²) in [7, 11) is 0. The van der Waals surface area contributed by atoms with Crippen molar-refractivity contribution in [3.8, 4) is 0 Å². The highest BCUT2D eigenvalue weighted by Crippen LogP contribution is 2.30. The summed E-state index contributed by atoms with van der Waals surface area (Å²) in [5.74, 6) is -1.79. The molecule has 0 radical (unpaired) electrons. The van der Waals surface area contributed by atoms with Crippen LogP contribution in [0.15, 0.2) is 10.1 Å². The topological polar surface area (TPSA) is 54.4 Å². The molecule has 0 spiro atoms. The van der Waals surface area contributed by atoms with Crippen LogP contribution in [-0.4, -0.2) is 16.3 Å². The molecule has 0 aromatic rings. The van der Waals surface area contributed by atoms with Crippen LogP contribution in [0.3, 0.4) is 0 Å². The van der Waals surface area contributed by atoms with Gasteiger partial charge in [0.15, 0.2) is 0 Å². The Bertz CT molecular complexity index is 333. The van der Waals surface area contributed by atoms with Crippen molar-refractivity contribution in [3.05, 3.63) is 10.1 Å². The molecule has 20 heavy (non-hydrogen) atoms. The van der Waals surface area contributed by atoms with Crippen molar-refractivity contribution >= 4 is 46.0 Å². The number of aliphatic carboxylic acids is 1. The third-order valence-electron chi connectivity index (χ3n) is 3.09. The molecule has 0 saturated carbocycles. The van der Waals surface area contributed by atoms with Gasteiger partial charge in [-0.25, -0.2) is 0 Å². The van der Waals surface area contributed by atoms with E-state index < -0.39 is 17.1 Å². The Kier molecular flexibility index (Phi) is 10.3. The van der Waals surface area contributed by atoms with Crippen LogP contribution in [0.25, 0.3) is 0 Å². The summed E-state index contributed by atoms with van der Waals surface area (Å²) in [6, 6.07) is 0. The van der Waals surface area contributed by atoms with E-state index >= 15 is 0 Å². The first-order valence-electron chi connectivity index (χ1n) is 6.78. The van der Waals surface area contributed by atoms with Gasteiger partial charge in [-0.1, -0.05) is 49.9 Å². The molecule has 0 aliphatic heterocycles. The van der Waals surface area contributed by atoms with E-state index in [4.69, 9.17) is 39.9 Å². The van der Waals surface area contributed by atoms with Gasteiger partial charge in [0.25, 0.3) is 0 Å². The molecule has 2 unspecified atom stereocenters. The normalized spacial score (nSPS) is 15.4. The van der Waals surface area contributed by atoms with Gasteiger partial charge in [-0.15, -0.1) is 0 Å². The minimum Gasteiger partial charge on any atom is -0.481 e. The third-order valence-corrected chi connectivity index (χ3v) is 4.26. The number of carbonyl (C=O) groups excluding carboxylic acids is 1. The quantitative estimate of drug-likeness (QED) is 0.559. The van der Waals surface area contributed by atoms with E-state index in [1.165, 1.54) is 0 Å². The molecule has 2 atom stereocenters. The Morgan fingerprint density at radius 2 is 1.30 bits per heavy atom. The third kappa shape index (κ3) is 7.51. The zero-order valence-corrected chi connectivity index (χ0v) is 14.1. The molecule has 0 aliphatic rings. The van der Waals surface area contributed by atoms with Crippen molar-refractivity contribution in [1.82, 2.24) is 0 Å². The maximum atomic E-state index is 11.3. The second kappa shape index (κ2) is 10.5. The van der Waals surface area contributed by atoms with Gasteiger partial charge in [-0.3, -0.25) is 9.59 Å². The van der Waals surface area contributed by atoms with Gasteiger partial charge >= 0.3 is 5.97 Å². The highest BCUT2D eigenvalue weighted by Gasteiger charge is 2.22. The van der Waals surface area contributed by atoms with Crippen molar-refractivity contribution in [1.29, 1.82) is 0 Å². The van der Waals surface area contributed by atoms with E-state index in [1.807, 2.05) is 13.8 Å². The van der Waals surface area contributed by atoms with Crippen molar-refractivity contribution in [2.24, 2.45) is 11.8 Å². The van der Waals surface area contributed by atoms with Gasteiger partial charge in [0, 0.05) is 16.0 Å². The monoisotopic (exact) mass is 342 g/mol. The Morgan fingerprint density at radius 1 is 0.900 bits per heavy atom. The first kappa shape index (κ1) is 19.8. The fourth-order valence-electron chi connectivity index (χ4n) is 1.96. The van der Waals surface area contributed by atoms with Crippen LogP contribution < -0.4 is 0 Å². The molecular formula is C14H21Cl3O3. The molecule has 0 rings (SSSR count). The fourth-order valence-corrected chi connectivity index (χ4v) is 2.67. The van der Waals surface area contributed by atoms with Gasteiger partial charge < -0.3 is 5.11 Å². The van der Waals surface area contributed by atoms with Crippen molar-refractivity contribution in [2.75, 3.05) is 0 Å². The SMILES string of the molecule is CCCC(CC(Cl)=C(Cl)CC(CCC)C(=O)Cl)C(=O)O. The average molecular weight is 344 g/mol. The smallest absolute Gasteiger partial charge is 0.306 e. The number of carboxylic acids is 1. The summed E-state index contributed by atoms with van der Waals surface area (Å²) in [6.07, 6.45) is 3.23. The summed E-state index contributed by atoms with van der Waals surface area (Å²) in [6.45, 7) is 3.87. The number of carboxylic acid groups (broad SMARTS) is 1. The minimum atomic E-state index is -0.881. The average Bonchev–Trinajstić information content (AvgIpc) is 2.36. The van der Waals surface area contributed by atoms with Gasteiger partial charge in [-0.2, -0.15) is 0 Å². The van der Waals surface area contributed by atoms with E-state index in [1.54, 1.807) is 0 Å². The van der Waals surface area contributed by atoms with Crippen LogP contribution in [-0.2, 0) is 9.59 Å². The molecule has 0 aromatic heterocycles. The van der Waals surface area contributed by atoms with Crippen molar-refractivity contribution < 1.29 is 14.7 Å². The molecule has 0 fully saturated rings. The zero-order valence-electron chi connectivity index (χ0n) is 11.8. The first-order valence-corrected chi connectivity index (χ1v) is 7.91. The molecule has 0 saturated heterocycles. The van der Waals surface area contributed by atoms with E-state index in [9.17, 15) is 9.59 Å². The molecule has 3 nitrogen and oxygen atoms in total. The molecular weight excluding hydrogens is 323 g/mol. The minimum absolute atomic E-state index is 0.193. The van der Waals surface area contributed by atoms with Crippen LogP contribution in [0.4, 0.5) is 0 Å². The number of hydrogen-bond acceptors (Lipinski definition) is 2. The van der Waals surface area contributed by atoms with E-state index in [-0.39, 0.29) is 18.8 Å². The lowest BCUT2D eigenvalue weighted by Gasteiger charge is -2.14. The van der Waals surface area contributed by atoms with Crippen LogP contribution in [0, 0.1) is 11.8 Å². The number of hydrogen-bond donors (Lipinski definition) is 1. The van der Waals surface area contributed by atoms with Gasteiger partial charge in [0.1, 0.15) is 0 Å². The number of carbonyl (C=O) groups is 2. The number of allylic oxidation sites excluding steroid dienone is 2. The predicted molar refractivity (Wildman–Crippen MR) is 83.3 cm³/mol. The lowest BCUT2D eigenvalue weighted by Crippen LogP contribution is -2.14. The molecule has 116 valence electrons. The highest BCUT2D eigenvalue weighted by molar-refractivity contribution is 6.64. The molecule has 1 N–H and O–H groups in total. The fraction of sp³-hybridized carbons (Fsp3) is 0.714. The second-order valence-corrected chi connectivity index (χ2v) is 6.12. The molecule has 0 heterocycles. The number of rotatable bonds is 10. The predicted octanol–water partition coefficient (Wildman–Crippen LogP) is 5.14. The number of halogens is 3. The van der Waals surface area contributed by atoms with E-state index in [0.29, 0.717) is 22.9 Å². The lowest BCUT2D eigenvalue weighted by molar-refractivity contribution is -0.141. The van der Waals surface area contributed by atoms with Gasteiger partial charge in [0.2, 0.25) is 5.24 Å². The van der Waals surface area contributed by atoms with E-state index in [2.05, 4.69) is 0 Å². The Labute approximate surface area is 135 Å². The molecule has 0 bridgehead atoms. The standard InChI is InChI=1S/C14H21Cl3O3/c1-3-5-9(13(17)18)7-11(15)12(16)8-10(6-4-2)14(19)20/h9-10H,3-8H2,1-2H3,(H,19,20). The molecule has 0 amide bonds. The summed E-state index contributed by atoms with van der Waals surface area (Å²) in [5, 5.41) is 9.30. The Balaban J connectivity index is 4.78. The van der Waals surface area contributed by atoms with Crippen LogP contribution >= 0.6 is 34.8 Å². The highest BCUT2D eigenvalue weighted by atomic mass is 35.5. The van der Waals surface area contributed by atoms with Crippen molar-refractivity contribution in [3.63, 3.8) is 0 Å². The lowest BCUT2D eigenvalue weighted by atomic mass is 9.97. The van der Waals surface area contributed by atoms with Crippen LogP contribution in [0.2, 0.25) is 0 Å². The molecule has 6 heteroatoms. The first-order chi connectivity index (χ1) is 9.33. The summed E-state index contributed by atoms with van der Waals surface area (Å²) in [4.78, 5) is 22.4. The van der Waals surface area contributed by atoms with Crippen LogP contribution in [0.1, 0.15) is 52.4 Å². The maximum Gasteiger partial charge on any atom is 0.306 e.